The fraction of sp³-hybridized carbons (Fsp3) is 0.941. The lowest BCUT2D eigenvalue weighted by Gasteiger charge is -2.21. The average Bonchev–Trinajstić information content (AvgIpc) is 3.56. The van der Waals surface area contributed by atoms with Crippen LogP contribution in [0.3, 0.4) is 0 Å². The first-order valence-electron chi connectivity index (χ1n) is 35.4. The minimum absolute atomic E-state index is 0.104. The Labute approximate surface area is 530 Å². The number of esters is 4. The molecule has 0 aliphatic heterocycles. The Balaban J connectivity index is 5.26. The summed E-state index contributed by atoms with van der Waals surface area (Å²) in [4.78, 5) is 72.4. The Hall–Kier alpha value is -1.94. The fourth-order valence-electron chi connectivity index (χ4n) is 10.2. The van der Waals surface area contributed by atoms with Crippen LogP contribution in [-0.4, -0.2) is 96.7 Å². The molecule has 0 rings (SSSR count). The van der Waals surface area contributed by atoms with Crippen LogP contribution >= 0.6 is 15.6 Å². The summed E-state index contributed by atoms with van der Waals surface area (Å²) in [6, 6.07) is 0. The van der Waals surface area contributed by atoms with E-state index in [1.807, 2.05) is 0 Å². The van der Waals surface area contributed by atoms with Crippen molar-refractivity contribution in [2.24, 2.45) is 17.8 Å². The number of hydrogen-bond acceptors (Lipinski definition) is 15. The predicted molar refractivity (Wildman–Crippen MR) is 349 cm³/mol. The molecular formula is C68H132O17P2. The smallest absolute Gasteiger partial charge is 0.462 e. The van der Waals surface area contributed by atoms with Gasteiger partial charge in [-0.05, 0) is 43.4 Å². The first-order valence-corrected chi connectivity index (χ1v) is 38.4. The molecule has 0 aromatic carbocycles. The lowest BCUT2D eigenvalue weighted by atomic mass is 9.99. The molecule has 87 heavy (non-hydrogen) atoms. The van der Waals surface area contributed by atoms with Gasteiger partial charge in [-0.15, -0.1) is 0 Å². The van der Waals surface area contributed by atoms with Crippen LogP contribution in [0.25, 0.3) is 0 Å². The molecule has 17 nitrogen and oxygen atoms in total. The number of phosphoric ester groups is 2. The highest BCUT2D eigenvalue weighted by Gasteiger charge is 2.30. The van der Waals surface area contributed by atoms with Crippen LogP contribution in [0.1, 0.15) is 337 Å². The number of ether oxygens (including phenoxy) is 4. The monoisotopic (exact) mass is 1280 g/mol. The second kappa shape index (κ2) is 59.1. The van der Waals surface area contributed by atoms with Crippen LogP contribution in [0.5, 0.6) is 0 Å². The third-order valence-corrected chi connectivity index (χ3v) is 17.9. The van der Waals surface area contributed by atoms with Crippen LogP contribution in [0.15, 0.2) is 0 Å². The van der Waals surface area contributed by atoms with Gasteiger partial charge in [-0.2, -0.15) is 0 Å². The van der Waals surface area contributed by atoms with E-state index in [9.17, 15) is 43.2 Å². The number of hydrogen-bond donors (Lipinski definition) is 3. The third-order valence-electron chi connectivity index (χ3n) is 16.0. The fourth-order valence-corrected chi connectivity index (χ4v) is 11.7. The van der Waals surface area contributed by atoms with Gasteiger partial charge in [0.15, 0.2) is 12.2 Å². The zero-order valence-electron chi connectivity index (χ0n) is 56.5. The average molecular weight is 1280 g/mol. The van der Waals surface area contributed by atoms with Crippen molar-refractivity contribution in [3.8, 4) is 0 Å². The molecule has 0 radical (unpaired) electrons. The highest BCUT2D eigenvalue weighted by Crippen LogP contribution is 2.45. The molecule has 0 saturated carbocycles. The molecular weight excluding hydrogens is 1150 g/mol. The molecule has 516 valence electrons. The number of carbonyl (C=O) groups is 4. The van der Waals surface area contributed by atoms with Gasteiger partial charge in [0.2, 0.25) is 0 Å². The molecule has 0 aromatic heterocycles. The van der Waals surface area contributed by atoms with Crippen molar-refractivity contribution in [2.75, 3.05) is 39.6 Å². The summed E-state index contributed by atoms with van der Waals surface area (Å²) in [7, 11) is -9.90. The summed E-state index contributed by atoms with van der Waals surface area (Å²) in [6.45, 7) is 11.7. The van der Waals surface area contributed by atoms with Gasteiger partial charge in [-0.1, -0.05) is 286 Å². The Morgan fingerprint density at radius 2 is 0.586 bits per heavy atom. The molecule has 3 N–H and O–H groups in total. The molecule has 3 unspecified atom stereocenters. The third kappa shape index (κ3) is 61.3. The zero-order valence-corrected chi connectivity index (χ0v) is 58.3. The van der Waals surface area contributed by atoms with Gasteiger partial charge >= 0.3 is 39.5 Å². The highest BCUT2D eigenvalue weighted by molar-refractivity contribution is 7.47. The van der Waals surface area contributed by atoms with Crippen LogP contribution in [0.4, 0.5) is 0 Å². The van der Waals surface area contributed by atoms with Gasteiger partial charge in [0.05, 0.1) is 26.4 Å². The molecule has 0 heterocycles. The first kappa shape index (κ1) is 85.1. The first-order chi connectivity index (χ1) is 41.8. The summed E-state index contributed by atoms with van der Waals surface area (Å²) < 4.78 is 68.2. The van der Waals surface area contributed by atoms with E-state index in [0.29, 0.717) is 31.6 Å². The Morgan fingerprint density at radius 3 is 0.874 bits per heavy atom. The summed E-state index contributed by atoms with van der Waals surface area (Å²) >= 11 is 0. The minimum atomic E-state index is -4.95. The van der Waals surface area contributed by atoms with Crippen LogP contribution in [0, 0.1) is 17.8 Å². The van der Waals surface area contributed by atoms with E-state index < -0.39 is 97.5 Å². The second-order valence-corrected chi connectivity index (χ2v) is 28.7. The van der Waals surface area contributed by atoms with E-state index in [2.05, 4.69) is 48.5 Å². The van der Waals surface area contributed by atoms with Crippen molar-refractivity contribution in [2.45, 2.75) is 356 Å². The SMILES string of the molecule is CCCCCCCCCCCCCCCC(=O)OC[C@H](COP(=O)(O)OC[C@@H](O)COP(=O)(O)OC[C@@H](COC(=O)CCCCCCCCC(C)C)OC(=O)CCCCCCCCCCC(C)CC)OC(=O)CCCCCCCCCCCCC(C)C. The number of aliphatic hydroxyl groups is 1. The molecule has 19 heteroatoms. The topological polar surface area (TPSA) is 237 Å². The molecule has 6 atom stereocenters. The van der Waals surface area contributed by atoms with Crippen molar-refractivity contribution in [3.63, 3.8) is 0 Å². The quantitative estimate of drug-likeness (QED) is 0.0222. The number of unbranched alkanes of at least 4 members (excludes halogenated alkanes) is 33. The lowest BCUT2D eigenvalue weighted by Crippen LogP contribution is -2.30. The van der Waals surface area contributed by atoms with Gasteiger partial charge < -0.3 is 33.8 Å². The molecule has 0 bridgehead atoms. The van der Waals surface area contributed by atoms with Crippen LogP contribution < -0.4 is 0 Å². The van der Waals surface area contributed by atoms with Gasteiger partial charge in [0.1, 0.15) is 19.3 Å². The number of aliphatic hydroxyl groups excluding tert-OH is 1. The predicted octanol–water partition coefficient (Wildman–Crippen LogP) is 19.1. The van der Waals surface area contributed by atoms with Gasteiger partial charge in [0.25, 0.3) is 0 Å². The van der Waals surface area contributed by atoms with Crippen molar-refractivity contribution in [3.05, 3.63) is 0 Å². The summed E-state index contributed by atoms with van der Waals surface area (Å²) in [5, 5.41) is 10.6. The van der Waals surface area contributed by atoms with E-state index in [-0.39, 0.29) is 25.7 Å². The number of rotatable bonds is 66. The van der Waals surface area contributed by atoms with Crippen molar-refractivity contribution >= 4 is 39.5 Å². The number of carbonyl (C=O) groups excluding carboxylic acids is 4. The Kier molecular flexibility index (Phi) is 57.8. The molecule has 0 spiro atoms. The van der Waals surface area contributed by atoms with Gasteiger partial charge in [-0.25, -0.2) is 9.13 Å². The summed E-state index contributed by atoms with van der Waals surface area (Å²) in [5.41, 5.74) is 0. The maximum atomic E-state index is 13.0. The standard InChI is InChI=1S/C68H132O17P2/c1-8-10-11-12-13-14-15-16-17-21-27-35-42-49-65(70)78-55-63(84-67(72)51-44-37-28-22-19-18-20-25-32-39-46-59(3)4)57-82-86(74,75)80-53-62(69)54-81-87(76,77)83-58-64(56-79-66(71)50-43-36-31-30-33-40-47-60(5)6)85-68(73)52-45-38-29-24-23-26-34-41-48-61(7)9-2/h59-64,69H,8-58H2,1-7H3,(H,74,75)(H,76,77)/t61?,62-,63-,64-/m1/s1. The zero-order chi connectivity index (χ0) is 64.5. The van der Waals surface area contributed by atoms with E-state index in [4.69, 9.17) is 37.0 Å². The molecule has 0 aliphatic carbocycles. The molecule has 0 aliphatic rings. The maximum absolute atomic E-state index is 13.0. The number of phosphoric acid groups is 2. The lowest BCUT2D eigenvalue weighted by molar-refractivity contribution is -0.161. The van der Waals surface area contributed by atoms with Crippen LogP contribution in [0.2, 0.25) is 0 Å². The normalized spacial score (nSPS) is 14.6. The van der Waals surface area contributed by atoms with E-state index >= 15 is 0 Å². The van der Waals surface area contributed by atoms with E-state index in [0.717, 1.165) is 108 Å². The molecule has 0 amide bonds. The van der Waals surface area contributed by atoms with Gasteiger partial charge in [-0.3, -0.25) is 37.3 Å². The Bertz CT molecular complexity index is 1720. The Morgan fingerprint density at radius 1 is 0.333 bits per heavy atom. The van der Waals surface area contributed by atoms with Crippen molar-refractivity contribution in [1.82, 2.24) is 0 Å². The summed E-state index contributed by atoms with van der Waals surface area (Å²) in [6.07, 6.45) is 41.7. The van der Waals surface area contributed by atoms with E-state index in [1.54, 1.807) is 0 Å². The van der Waals surface area contributed by atoms with Crippen molar-refractivity contribution in [1.29, 1.82) is 0 Å². The van der Waals surface area contributed by atoms with Gasteiger partial charge in [0, 0.05) is 25.7 Å². The summed E-state index contributed by atoms with van der Waals surface area (Å²) in [5.74, 6) is 0.0694. The highest BCUT2D eigenvalue weighted by atomic mass is 31.2. The molecule has 0 saturated heterocycles. The molecule has 0 aromatic rings. The van der Waals surface area contributed by atoms with Crippen molar-refractivity contribution < 1.29 is 80.2 Å². The maximum Gasteiger partial charge on any atom is 0.472 e. The molecule has 0 fully saturated rings. The van der Waals surface area contributed by atoms with E-state index in [1.165, 1.54) is 141 Å². The minimum Gasteiger partial charge on any atom is -0.462 e. The van der Waals surface area contributed by atoms with Crippen LogP contribution in [-0.2, 0) is 65.4 Å². The second-order valence-electron chi connectivity index (χ2n) is 25.8. The largest absolute Gasteiger partial charge is 0.472 e.